The van der Waals surface area contributed by atoms with Crippen molar-refractivity contribution in [3.63, 3.8) is 0 Å². The Balaban J connectivity index is 2.39. The molecule has 1 aliphatic heterocycles. The van der Waals surface area contributed by atoms with Gasteiger partial charge in [-0.25, -0.2) is 13.9 Å². The molecule has 0 saturated heterocycles. The van der Waals surface area contributed by atoms with Gasteiger partial charge in [0.25, 0.3) is 5.91 Å². The second kappa shape index (κ2) is 6.30. The number of fused-ring (bicyclic) bond motifs is 1. The summed E-state index contributed by atoms with van der Waals surface area (Å²) in [5.74, 6) is -0.545. The summed E-state index contributed by atoms with van der Waals surface area (Å²) in [6, 6.07) is 5.50. The van der Waals surface area contributed by atoms with Gasteiger partial charge in [-0.2, -0.15) is 4.31 Å². The molecular weight excluding hydrogens is 362 g/mol. The molecule has 1 aromatic rings. The number of nitrogens with zero attached hydrogens (tertiary/aromatic N) is 2. The fourth-order valence-electron chi connectivity index (χ4n) is 2.27. The van der Waals surface area contributed by atoms with Gasteiger partial charge in [0.15, 0.2) is 0 Å². The van der Waals surface area contributed by atoms with E-state index in [2.05, 4.69) is 15.9 Å². The Morgan fingerprint density at radius 2 is 2.14 bits per heavy atom. The Labute approximate surface area is 131 Å². The number of hydrogen-bond acceptors (Lipinski definition) is 5. The third-order valence-corrected chi connectivity index (χ3v) is 5.02. The monoisotopic (exact) mass is 377 g/mol. The number of carbonyl (C=O) groups excluding carboxylic acids is 1. The first kappa shape index (κ1) is 16.2. The van der Waals surface area contributed by atoms with Crippen LogP contribution in [-0.4, -0.2) is 49.7 Å². The van der Waals surface area contributed by atoms with Crippen molar-refractivity contribution in [2.45, 2.75) is 6.54 Å². The van der Waals surface area contributed by atoms with Gasteiger partial charge in [0.1, 0.15) is 0 Å². The lowest BCUT2D eigenvalue weighted by molar-refractivity contribution is -0.127. The summed E-state index contributed by atoms with van der Waals surface area (Å²) < 4.78 is 25.8. The van der Waals surface area contributed by atoms with Crippen molar-refractivity contribution in [1.82, 2.24) is 9.79 Å². The number of carbonyl (C=O) groups is 1. The molecule has 9 heteroatoms. The van der Waals surface area contributed by atoms with Crippen LogP contribution in [-0.2, 0) is 21.4 Å². The van der Waals surface area contributed by atoms with Gasteiger partial charge in [-0.1, -0.05) is 15.9 Å². The maximum absolute atomic E-state index is 11.8. The van der Waals surface area contributed by atoms with Crippen molar-refractivity contribution in [3.8, 4) is 0 Å². The summed E-state index contributed by atoms with van der Waals surface area (Å²) in [7, 11) is -3.32. The first-order valence-electron chi connectivity index (χ1n) is 6.22. The van der Waals surface area contributed by atoms with Gasteiger partial charge in [0.2, 0.25) is 10.0 Å². The van der Waals surface area contributed by atoms with E-state index in [9.17, 15) is 13.2 Å². The molecule has 1 amide bonds. The first-order valence-corrected chi connectivity index (χ1v) is 8.87. The molecule has 1 aromatic carbocycles. The van der Waals surface area contributed by atoms with Gasteiger partial charge >= 0.3 is 0 Å². The molecule has 0 fully saturated rings. The molecule has 0 radical (unpaired) electrons. The topological polar surface area (TPSA) is 90.0 Å². The number of benzene rings is 1. The molecule has 7 nitrogen and oxygen atoms in total. The summed E-state index contributed by atoms with van der Waals surface area (Å²) in [5, 5.41) is 8.67. The largest absolute Gasteiger partial charge is 0.361 e. The van der Waals surface area contributed by atoms with Crippen LogP contribution in [0.15, 0.2) is 22.7 Å². The summed E-state index contributed by atoms with van der Waals surface area (Å²) in [6.07, 6.45) is 1.17. The first-order chi connectivity index (χ1) is 9.81. The van der Waals surface area contributed by atoms with Gasteiger partial charge in [-0.05, 0) is 23.8 Å². The van der Waals surface area contributed by atoms with Crippen LogP contribution in [0.25, 0.3) is 0 Å². The van der Waals surface area contributed by atoms with Crippen LogP contribution >= 0.6 is 15.9 Å². The number of rotatable bonds is 3. The molecule has 0 unspecified atom stereocenters. The van der Waals surface area contributed by atoms with E-state index in [1.807, 2.05) is 18.2 Å². The molecule has 0 aliphatic carbocycles. The number of sulfonamides is 1. The lowest BCUT2D eigenvalue weighted by Crippen LogP contribution is -2.39. The van der Waals surface area contributed by atoms with Crippen LogP contribution in [0.1, 0.15) is 5.56 Å². The molecule has 0 saturated carbocycles. The van der Waals surface area contributed by atoms with Crippen molar-refractivity contribution < 1.29 is 18.4 Å². The quantitative estimate of drug-likeness (QED) is 0.592. The molecule has 21 heavy (non-hydrogen) atoms. The SMILES string of the molecule is CS(=O)(=O)N1CCN(CC(=O)NO)c2ccc(Br)cc2C1. The number of hydroxylamine groups is 1. The van der Waals surface area contributed by atoms with E-state index in [1.54, 1.807) is 10.4 Å². The zero-order valence-electron chi connectivity index (χ0n) is 11.4. The molecule has 0 bridgehead atoms. The number of hydrogen-bond donors (Lipinski definition) is 2. The van der Waals surface area contributed by atoms with Crippen molar-refractivity contribution >= 4 is 37.5 Å². The van der Waals surface area contributed by atoms with Crippen LogP contribution in [0, 0.1) is 0 Å². The number of anilines is 1. The van der Waals surface area contributed by atoms with Crippen molar-refractivity contribution in [2.75, 3.05) is 30.8 Å². The minimum atomic E-state index is -3.32. The molecular formula is C12H16BrN3O4S. The van der Waals surface area contributed by atoms with E-state index in [-0.39, 0.29) is 19.6 Å². The summed E-state index contributed by atoms with van der Waals surface area (Å²) >= 11 is 3.36. The maximum atomic E-state index is 11.8. The zero-order valence-corrected chi connectivity index (χ0v) is 13.8. The lowest BCUT2D eigenvalue weighted by Gasteiger charge is -2.23. The van der Waals surface area contributed by atoms with Gasteiger partial charge < -0.3 is 4.90 Å². The Hall–Kier alpha value is -1.16. The van der Waals surface area contributed by atoms with E-state index in [0.717, 1.165) is 15.7 Å². The minimum absolute atomic E-state index is 0.0390. The molecule has 1 aliphatic rings. The zero-order chi connectivity index (χ0) is 15.6. The van der Waals surface area contributed by atoms with Crippen LogP contribution in [0.4, 0.5) is 5.69 Å². The maximum Gasteiger partial charge on any atom is 0.262 e. The highest BCUT2D eigenvalue weighted by Gasteiger charge is 2.26. The van der Waals surface area contributed by atoms with E-state index in [0.29, 0.717) is 6.54 Å². The van der Waals surface area contributed by atoms with Crippen LogP contribution < -0.4 is 10.4 Å². The molecule has 2 N–H and O–H groups in total. The van der Waals surface area contributed by atoms with E-state index in [1.165, 1.54) is 10.6 Å². The molecule has 0 aromatic heterocycles. The smallest absolute Gasteiger partial charge is 0.262 e. The molecule has 1 heterocycles. The van der Waals surface area contributed by atoms with Gasteiger partial charge in [-0.3, -0.25) is 10.0 Å². The van der Waals surface area contributed by atoms with Gasteiger partial charge in [0.05, 0.1) is 12.8 Å². The predicted molar refractivity (Wildman–Crippen MR) is 81.5 cm³/mol. The van der Waals surface area contributed by atoms with E-state index in [4.69, 9.17) is 5.21 Å². The molecule has 0 spiro atoms. The Morgan fingerprint density at radius 3 is 2.76 bits per heavy atom. The second-order valence-electron chi connectivity index (χ2n) is 4.83. The highest BCUT2D eigenvalue weighted by atomic mass is 79.9. The fourth-order valence-corrected chi connectivity index (χ4v) is 3.46. The summed E-state index contributed by atoms with van der Waals surface area (Å²) in [6.45, 7) is 0.868. The number of halogens is 1. The van der Waals surface area contributed by atoms with Crippen molar-refractivity contribution in [3.05, 3.63) is 28.2 Å². The molecule has 2 rings (SSSR count). The number of nitrogens with one attached hydrogen (secondary N) is 1. The highest BCUT2D eigenvalue weighted by molar-refractivity contribution is 9.10. The van der Waals surface area contributed by atoms with Crippen LogP contribution in [0.2, 0.25) is 0 Å². The third kappa shape index (κ3) is 3.94. The highest BCUT2D eigenvalue weighted by Crippen LogP contribution is 2.28. The fraction of sp³-hybridized carbons (Fsp3) is 0.417. The second-order valence-corrected chi connectivity index (χ2v) is 7.72. The molecule has 116 valence electrons. The minimum Gasteiger partial charge on any atom is -0.361 e. The van der Waals surface area contributed by atoms with Crippen LogP contribution in [0.3, 0.4) is 0 Å². The van der Waals surface area contributed by atoms with E-state index >= 15 is 0 Å². The Bertz CT molecular complexity index is 650. The average molecular weight is 378 g/mol. The van der Waals surface area contributed by atoms with Crippen molar-refractivity contribution in [1.29, 1.82) is 0 Å². The van der Waals surface area contributed by atoms with Gasteiger partial charge in [-0.15, -0.1) is 0 Å². The Morgan fingerprint density at radius 1 is 1.43 bits per heavy atom. The molecule has 0 atom stereocenters. The predicted octanol–water partition coefficient (Wildman–Crippen LogP) is 0.536. The summed E-state index contributed by atoms with van der Waals surface area (Å²) in [5.41, 5.74) is 3.18. The van der Waals surface area contributed by atoms with E-state index < -0.39 is 15.9 Å². The van der Waals surface area contributed by atoms with Crippen molar-refractivity contribution in [2.24, 2.45) is 0 Å². The van der Waals surface area contributed by atoms with Gasteiger partial charge in [0, 0.05) is 29.8 Å². The standard InChI is InChI=1S/C12H16BrN3O4S/c1-21(19,20)16-5-4-15(8-12(17)14-18)11-3-2-10(13)6-9(11)7-16/h2-3,6,18H,4-5,7-8H2,1H3,(H,14,17). The summed E-state index contributed by atoms with van der Waals surface area (Å²) in [4.78, 5) is 13.2. The average Bonchev–Trinajstić information content (AvgIpc) is 2.57. The normalized spacial score (nSPS) is 16.2. The Kier molecular flexibility index (Phi) is 4.87. The lowest BCUT2D eigenvalue weighted by atomic mass is 10.1. The third-order valence-electron chi connectivity index (χ3n) is 3.28. The number of amides is 1. The van der Waals surface area contributed by atoms with Crippen LogP contribution in [0.5, 0.6) is 0 Å².